The molecule has 3 aromatic rings. The molecule has 0 fully saturated rings. The average Bonchev–Trinajstić information content (AvgIpc) is 3.02. The molecule has 0 saturated carbocycles. The number of nitrogens with zero attached hydrogens (tertiary/aromatic N) is 2. The van der Waals surface area contributed by atoms with E-state index in [9.17, 15) is 0 Å². The van der Waals surface area contributed by atoms with Gasteiger partial charge in [-0.2, -0.15) is 4.57 Å². The lowest BCUT2D eigenvalue weighted by molar-refractivity contribution is -0.734. The van der Waals surface area contributed by atoms with E-state index in [1.807, 2.05) is 36.0 Å². The zero-order chi connectivity index (χ0) is 16.5. The normalized spacial score (nSPS) is 13.0. The third-order valence-corrected chi connectivity index (χ3v) is 5.62. The number of rotatable bonds is 3. The minimum Gasteiger partial charge on any atom is -1.00 e. The van der Waals surface area contributed by atoms with Crippen molar-refractivity contribution in [2.24, 2.45) is 0 Å². The Labute approximate surface area is 167 Å². The molecule has 130 valence electrons. The SMILES string of the molecule is COc1ccc(-n2c(-c3ccc(Cl)cc3)c[n+]3c2SCCC3)cc1.[Br-]. The molecular weight excluding hydrogens is 420 g/mol. The number of ether oxygens (including phenoxy) is 1. The molecule has 0 saturated heterocycles. The fraction of sp³-hybridized carbons (Fsp3) is 0.211. The van der Waals surface area contributed by atoms with Crippen molar-refractivity contribution in [3.05, 3.63) is 59.8 Å². The molecule has 2 heterocycles. The van der Waals surface area contributed by atoms with E-state index < -0.39 is 0 Å². The van der Waals surface area contributed by atoms with Gasteiger partial charge in [0, 0.05) is 16.3 Å². The van der Waals surface area contributed by atoms with Gasteiger partial charge >= 0.3 is 5.16 Å². The number of hydrogen-bond acceptors (Lipinski definition) is 2. The van der Waals surface area contributed by atoms with Gasteiger partial charge in [-0.05, 0) is 66.7 Å². The highest BCUT2D eigenvalue weighted by Crippen LogP contribution is 2.32. The number of hydrogen-bond donors (Lipinski definition) is 0. The first-order valence-corrected chi connectivity index (χ1v) is 9.31. The van der Waals surface area contributed by atoms with Crippen molar-refractivity contribution in [1.29, 1.82) is 0 Å². The van der Waals surface area contributed by atoms with Gasteiger partial charge in [-0.1, -0.05) is 11.6 Å². The second-order valence-corrected chi connectivity index (χ2v) is 7.23. The Kier molecular flexibility index (Phi) is 5.77. The molecular formula is C19H18BrClN2OS. The van der Waals surface area contributed by atoms with E-state index in [4.69, 9.17) is 16.3 Å². The minimum absolute atomic E-state index is 0. The van der Waals surface area contributed by atoms with Gasteiger partial charge in [-0.25, -0.2) is 4.57 Å². The summed E-state index contributed by atoms with van der Waals surface area (Å²) in [7, 11) is 1.69. The molecule has 1 aromatic heterocycles. The number of thioether (sulfide) groups is 1. The molecule has 3 nitrogen and oxygen atoms in total. The first-order chi connectivity index (χ1) is 11.8. The lowest BCUT2D eigenvalue weighted by atomic mass is 10.1. The van der Waals surface area contributed by atoms with E-state index >= 15 is 0 Å². The number of halogens is 2. The van der Waals surface area contributed by atoms with Crippen LogP contribution in [0.4, 0.5) is 0 Å². The highest BCUT2D eigenvalue weighted by atomic mass is 79.9. The third-order valence-electron chi connectivity index (χ3n) is 4.20. The van der Waals surface area contributed by atoms with Gasteiger partial charge in [-0.15, -0.1) is 0 Å². The Hall–Kier alpha value is -1.43. The summed E-state index contributed by atoms with van der Waals surface area (Å²) in [4.78, 5) is 0. The zero-order valence-electron chi connectivity index (χ0n) is 13.8. The fourth-order valence-electron chi connectivity index (χ4n) is 3.00. The molecule has 0 radical (unpaired) electrons. The van der Waals surface area contributed by atoms with Crippen LogP contribution in [-0.2, 0) is 6.54 Å². The standard InChI is InChI=1S/C19H18ClN2OS.BrH/c1-23-17-9-7-16(8-10-17)22-18(14-3-5-15(20)6-4-14)13-21-11-2-12-24-19(21)22;/h3-10,13H,2,11-12H2,1H3;1H/q+1;/p-1. The van der Waals surface area contributed by atoms with Gasteiger partial charge in [0.1, 0.15) is 17.6 Å². The molecule has 6 heteroatoms. The Balaban J connectivity index is 0.00000182. The summed E-state index contributed by atoms with van der Waals surface area (Å²) in [6.45, 7) is 1.06. The van der Waals surface area contributed by atoms with Crippen molar-refractivity contribution in [1.82, 2.24) is 4.57 Å². The van der Waals surface area contributed by atoms with Crippen LogP contribution in [0.15, 0.2) is 59.9 Å². The molecule has 0 unspecified atom stereocenters. The second-order valence-electron chi connectivity index (χ2n) is 5.73. The second kappa shape index (κ2) is 7.85. The third kappa shape index (κ3) is 3.59. The molecule has 4 rings (SSSR count). The van der Waals surface area contributed by atoms with Gasteiger partial charge in [0.25, 0.3) is 0 Å². The quantitative estimate of drug-likeness (QED) is 0.579. The monoisotopic (exact) mass is 436 g/mol. The topological polar surface area (TPSA) is 18.0 Å². The summed E-state index contributed by atoms with van der Waals surface area (Å²) in [5.74, 6) is 2.02. The zero-order valence-corrected chi connectivity index (χ0v) is 16.9. The van der Waals surface area contributed by atoms with Crippen LogP contribution in [0.3, 0.4) is 0 Å². The number of benzene rings is 2. The van der Waals surface area contributed by atoms with E-state index in [0.29, 0.717) is 0 Å². The van der Waals surface area contributed by atoms with Crippen LogP contribution in [-0.4, -0.2) is 17.4 Å². The van der Waals surface area contributed by atoms with Crippen LogP contribution < -0.4 is 26.3 Å². The van der Waals surface area contributed by atoms with E-state index in [1.165, 1.54) is 17.3 Å². The van der Waals surface area contributed by atoms with Crippen LogP contribution in [0.5, 0.6) is 5.75 Å². The van der Waals surface area contributed by atoms with Crippen molar-refractivity contribution >= 4 is 23.4 Å². The van der Waals surface area contributed by atoms with Gasteiger partial charge in [-0.3, -0.25) is 0 Å². The lowest BCUT2D eigenvalue weighted by Gasteiger charge is -2.10. The van der Waals surface area contributed by atoms with Crippen molar-refractivity contribution in [2.75, 3.05) is 12.9 Å². The molecule has 0 N–H and O–H groups in total. The average molecular weight is 438 g/mol. The van der Waals surface area contributed by atoms with Crippen molar-refractivity contribution in [3.8, 4) is 22.7 Å². The number of methoxy groups -OCH3 is 1. The molecule has 25 heavy (non-hydrogen) atoms. The van der Waals surface area contributed by atoms with Gasteiger partial charge in [0.2, 0.25) is 0 Å². The molecule has 0 atom stereocenters. The maximum absolute atomic E-state index is 6.06. The van der Waals surface area contributed by atoms with Crippen molar-refractivity contribution in [2.45, 2.75) is 18.1 Å². The molecule has 0 bridgehead atoms. The molecule has 0 amide bonds. The van der Waals surface area contributed by atoms with Crippen LogP contribution in [0.2, 0.25) is 5.02 Å². The van der Waals surface area contributed by atoms with Crippen LogP contribution in [0.1, 0.15) is 6.42 Å². The largest absolute Gasteiger partial charge is 1.00 e. The number of aromatic nitrogens is 2. The summed E-state index contributed by atoms with van der Waals surface area (Å²) in [6.07, 6.45) is 3.45. The Morgan fingerprint density at radius 3 is 2.48 bits per heavy atom. The molecule has 0 aliphatic carbocycles. The number of fused-ring (bicyclic) bond motifs is 1. The van der Waals surface area contributed by atoms with Crippen molar-refractivity contribution in [3.63, 3.8) is 0 Å². The fourth-order valence-corrected chi connectivity index (χ4v) is 4.23. The van der Waals surface area contributed by atoms with Gasteiger partial charge in [0.05, 0.1) is 13.7 Å². The summed E-state index contributed by atoms with van der Waals surface area (Å²) >= 11 is 7.97. The van der Waals surface area contributed by atoms with E-state index in [0.717, 1.165) is 34.3 Å². The highest BCUT2D eigenvalue weighted by molar-refractivity contribution is 7.99. The maximum Gasteiger partial charge on any atom is 0.323 e. The van der Waals surface area contributed by atoms with Crippen LogP contribution >= 0.6 is 23.4 Å². The Bertz CT molecular complexity index is 862. The van der Waals surface area contributed by atoms with Gasteiger partial charge < -0.3 is 21.7 Å². The van der Waals surface area contributed by atoms with E-state index in [-0.39, 0.29) is 17.0 Å². The van der Waals surface area contributed by atoms with E-state index in [1.54, 1.807) is 7.11 Å². The number of aryl methyl sites for hydroxylation is 1. The van der Waals surface area contributed by atoms with Crippen molar-refractivity contribution < 1.29 is 26.3 Å². The molecule has 1 aliphatic rings. The summed E-state index contributed by atoms with van der Waals surface area (Å²) in [6, 6.07) is 16.3. The molecule has 0 spiro atoms. The maximum atomic E-state index is 6.06. The predicted octanol–water partition coefficient (Wildman–Crippen LogP) is 1.59. The summed E-state index contributed by atoms with van der Waals surface area (Å²) in [5, 5.41) is 2.03. The first-order valence-electron chi connectivity index (χ1n) is 7.94. The Morgan fingerprint density at radius 1 is 1.08 bits per heavy atom. The Morgan fingerprint density at radius 2 is 1.80 bits per heavy atom. The highest BCUT2D eigenvalue weighted by Gasteiger charge is 2.28. The number of imidazole rings is 1. The lowest BCUT2D eigenvalue weighted by Crippen LogP contribution is -3.00. The molecule has 1 aliphatic heterocycles. The van der Waals surface area contributed by atoms with Crippen LogP contribution in [0.25, 0.3) is 16.9 Å². The van der Waals surface area contributed by atoms with Gasteiger partial charge in [0.15, 0.2) is 5.69 Å². The summed E-state index contributed by atoms with van der Waals surface area (Å²) < 4.78 is 9.97. The molecule has 2 aromatic carbocycles. The smallest absolute Gasteiger partial charge is 0.323 e. The predicted molar refractivity (Wildman–Crippen MR) is 98.3 cm³/mol. The summed E-state index contributed by atoms with van der Waals surface area (Å²) in [5.41, 5.74) is 3.49. The van der Waals surface area contributed by atoms with E-state index in [2.05, 4.69) is 39.6 Å². The first kappa shape index (κ1) is 18.4. The van der Waals surface area contributed by atoms with Crippen LogP contribution in [0, 0.1) is 0 Å². The minimum atomic E-state index is 0.